The summed E-state index contributed by atoms with van der Waals surface area (Å²) in [6.07, 6.45) is -4.16. The van der Waals surface area contributed by atoms with Crippen molar-refractivity contribution in [3.05, 3.63) is 41.2 Å². The van der Waals surface area contributed by atoms with E-state index in [2.05, 4.69) is 10.4 Å². The molecule has 1 saturated heterocycles. The number of aromatic nitrogens is 2. The van der Waals surface area contributed by atoms with E-state index in [1.165, 1.54) is 16.7 Å². The highest BCUT2D eigenvalue weighted by molar-refractivity contribution is 6.00. The molecule has 3 heterocycles. The van der Waals surface area contributed by atoms with Crippen molar-refractivity contribution < 1.29 is 32.2 Å². The van der Waals surface area contributed by atoms with Crippen LogP contribution < -0.4 is 15.0 Å². The SMILES string of the molecule is COc1cccc(N2CC(C(=O)NCCn3nc(C(F)(F)F)c4c3CCOC4)CC2=O)c1. The maximum Gasteiger partial charge on any atom is 0.435 e. The molecule has 1 unspecified atom stereocenters. The fourth-order valence-electron chi connectivity index (χ4n) is 4.06. The van der Waals surface area contributed by atoms with Crippen LogP contribution in [0.2, 0.25) is 0 Å². The lowest BCUT2D eigenvalue weighted by Crippen LogP contribution is -2.35. The first-order chi connectivity index (χ1) is 15.3. The number of nitrogens with zero attached hydrogens (tertiary/aromatic N) is 3. The molecule has 2 aromatic rings. The fraction of sp³-hybridized carbons (Fsp3) is 0.476. The number of nitrogens with one attached hydrogen (secondary N) is 1. The van der Waals surface area contributed by atoms with Gasteiger partial charge in [-0.1, -0.05) is 6.07 Å². The summed E-state index contributed by atoms with van der Waals surface area (Å²) in [4.78, 5) is 26.5. The fourth-order valence-corrected chi connectivity index (χ4v) is 4.06. The molecule has 11 heteroatoms. The molecule has 2 aliphatic heterocycles. The summed E-state index contributed by atoms with van der Waals surface area (Å²) in [5.74, 6) is -0.424. The standard InChI is InChI=1S/C21H23F3N4O4/c1-31-15-4-2-3-14(10-15)27-11-13(9-18(27)29)20(30)25-6-7-28-17-5-8-32-12-16(17)19(26-28)21(22,23)24/h2-4,10,13H,5-9,11-12H2,1H3,(H,25,30). The summed E-state index contributed by atoms with van der Waals surface area (Å²) >= 11 is 0. The van der Waals surface area contributed by atoms with Gasteiger partial charge in [0.1, 0.15) is 5.75 Å². The van der Waals surface area contributed by atoms with Gasteiger partial charge < -0.3 is 19.7 Å². The zero-order chi connectivity index (χ0) is 22.9. The van der Waals surface area contributed by atoms with Gasteiger partial charge in [0.25, 0.3) is 0 Å². The second kappa shape index (κ2) is 8.81. The van der Waals surface area contributed by atoms with Crippen LogP contribution in [0.15, 0.2) is 24.3 Å². The highest BCUT2D eigenvalue weighted by Crippen LogP contribution is 2.34. The molecule has 1 fully saturated rings. The lowest BCUT2D eigenvalue weighted by Gasteiger charge is -2.18. The van der Waals surface area contributed by atoms with Crippen molar-refractivity contribution in [2.24, 2.45) is 5.92 Å². The molecule has 1 aromatic heterocycles. The molecular formula is C21H23F3N4O4. The summed E-state index contributed by atoms with van der Waals surface area (Å²) in [5.41, 5.74) is 0.257. The first-order valence-electron chi connectivity index (χ1n) is 10.2. The molecule has 0 aliphatic carbocycles. The van der Waals surface area contributed by atoms with Crippen molar-refractivity contribution in [1.82, 2.24) is 15.1 Å². The van der Waals surface area contributed by atoms with Gasteiger partial charge in [-0.15, -0.1) is 0 Å². The van der Waals surface area contributed by atoms with Gasteiger partial charge in [0, 0.05) is 48.9 Å². The second-order valence-corrected chi connectivity index (χ2v) is 7.70. The summed E-state index contributed by atoms with van der Waals surface area (Å²) in [5, 5.41) is 6.45. The summed E-state index contributed by atoms with van der Waals surface area (Å²) in [7, 11) is 1.53. The van der Waals surface area contributed by atoms with Crippen LogP contribution >= 0.6 is 0 Å². The zero-order valence-electron chi connectivity index (χ0n) is 17.4. The van der Waals surface area contributed by atoms with E-state index < -0.39 is 17.8 Å². The number of alkyl halides is 3. The van der Waals surface area contributed by atoms with Crippen LogP contribution in [0.5, 0.6) is 5.75 Å². The van der Waals surface area contributed by atoms with Gasteiger partial charge in [0.05, 0.1) is 32.8 Å². The van der Waals surface area contributed by atoms with E-state index in [9.17, 15) is 22.8 Å². The van der Waals surface area contributed by atoms with Crippen LogP contribution in [0.3, 0.4) is 0 Å². The van der Waals surface area contributed by atoms with E-state index in [0.717, 1.165) is 0 Å². The minimum absolute atomic E-state index is 0.0606. The van der Waals surface area contributed by atoms with E-state index >= 15 is 0 Å². The van der Waals surface area contributed by atoms with Crippen molar-refractivity contribution in [2.45, 2.75) is 32.2 Å². The number of anilines is 1. The Morgan fingerprint density at radius 3 is 2.94 bits per heavy atom. The topological polar surface area (TPSA) is 85.7 Å². The molecule has 1 atom stereocenters. The minimum atomic E-state index is -4.56. The summed E-state index contributed by atoms with van der Waals surface area (Å²) in [6, 6.07) is 7.02. The number of carbonyl (C=O) groups is 2. The summed E-state index contributed by atoms with van der Waals surface area (Å²) in [6.45, 7) is 0.636. The maximum absolute atomic E-state index is 13.3. The number of benzene rings is 1. The van der Waals surface area contributed by atoms with Crippen LogP contribution in [0.25, 0.3) is 0 Å². The third-order valence-corrected chi connectivity index (χ3v) is 5.65. The van der Waals surface area contributed by atoms with Crippen molar-refractivity contribution in [3.63, 3.8) is 0 Å². The van der Waals surface area contributed by atoms with Gasteiger partial charge in [-0.2, -0.15) is 18.3 Å². The first-order valence-corrected chi connectivity index (χ1v) is 10.2. The predicted molar refractivity (Wildman–Crippen MR) is 107 cm³/mol. The number of ether oxygens (including phenoxy) is 2. The monoisotopic (exact) mass is 452 g/mol. The third kappa shape index (κ3) is 4.43. The quantitative estimate of drug-likeness (QED) is 0.726. The van der Waals surface area contributed by atoms with Crippen LogP contribution in [0, 0.1) is 5.92 Å². The Morgan fingerprint density at radius 2 is 2.19 bits per heavy atom. The number of rotatable bonds is 6. The van der Waals surface area contributed by atoms with Gasteiger partial charge in [-0.05, 0) is 12.1 Å². The second-order valence-electron chi connectivity index (χ2n) is 7.70. The van der Waals surface area contributed by atoms with Crippen LogP contribution in [-0.2, 0) is 40.1 Å². The molecule has 2 aliphatic rings. The number of methoxy groups -OCH3 is 1. The molecule has 4 rings (SSSR count). The van der Waals surface area contributed by atoms with Crippen molar-refractivity contribution >= 4 is 17.5 Å². The number of carbonyl (C=O) groups excluding carboxylic acids is 2. The molecule has 8 nitrogen and oxygen atoms in total. The van der Waals surface area contributed by atoms with E-state index in [1.807, 2.05) is 0 Å². The Bertz CT molecular complexity index is 1020. The van der Waals surface area contributed by atoms with Gasteiger partial charge in [0.2, 0.25) is 11.8 Å². The molecule has 1 aromatic carbocycles. The normalized spacial score (nSPS) is 18.6. The zero-order valence-corrected chi connectivity index (χ0v) is 17.4. The van der Waals surface area contributed by atoms with Crippen molar-refractivity contribution in [2.75, 3.05) is 31.7 Å². The Hall–Kier alpha value is -3.08. The molecule has 1 N–H and O–H groups in total. The number of hydrogen-bond acceptors (Lipinski definition) is 5. The third-order valence-electron chi connectivity index (χ3n) is 5.65. The molecule has 32 heavy (non-hydrogen) atoms. The number of fused-ring (bicyclic) bond motifs is 1. The average molecular weight is 452 g/mol. The Balaban J connectivity index is 1.37. The maximum atomic E-state index is 13.3. The lowest BCUT2D eigenvalue weighted by atomic mass is 10.1. The summed E-state index contributed by atoms with van der Waals surface area (Å²) < 4.78 is 51.4. The van der Waals surface area contributed by atoms with Gasteiger partial charge in [-0.3, -0.25) is 14.3 Å². The Labute approximate surface area is 182 Å². The number of halogens is 3. The van der Waals surface area contributed by atoms with E-state index in [1.54, 1.807) is 24.3 Å². The Kier molecular flexibility index (Phi) is 6.09. The Morgan fingerprint density at radius 1 is 1.38 bits per heavy atom. The smallest absolute Gasteiger partial charge is 0.435 e. The number of hydrogen-bond donors (Lipinski definition) is 1. The predicted octanol–water partition coefficient (Wildman–Crippen LogP) is 2.15. The molecule has 0 bridgehead atoms. The minimum Gasteiger partial charge on any atom is -0.497 e. The van der Waals surface area contributed by atoms with Gasteiger partial charge in [0.15, 0.2) is 5.69 Å². The van der Waals surface area contributed by atoms with Crippen LogP contribution in [0.1, 0.15) is 23.4 Å². The van der Waals surface area contributed by atoms with Crippen LogP contribution in [0.4, 0.5) is 18.9 Å². The lowest BCUT2D eigenvalue weighted by molar-refractivity contribution is -0.142. The van der Waals surface area contributed by atoms with Gasteiger partial charge >= 0.3 is 6.18 Å². The average Bonchev–Trinajstić information content (AvgIpc) is 3.35. The molecule has 2 amide bonds. The molecule has 0 spiro atoms. The molecule has 172 valence electrons. The highest BCUT2D eigenvalue weighted by Gasteiger charge is 2.40. The van der Waals surface area contributed by atoms with Crippen molar-refractivity contribution in [1.29, 1.82) is 0 Å². The largest absolute Gasteiger partial charge is 0.497 e. The van der Waals surface area contributed by atoms with Crippen molar-refractivity contribution in [3.8, 4) is 5.75 Å². The van der Waals surface area contributed by atoms with E-state index in [-0.39, 0.29) is 50.0 Å². The van der Waals surface area contributed by atoms with E-state index in [0.29, 0.717) is 30.2 Å². The van der Waals surface area contributed by atoms with Gasteiger partial charge in [-0.25, -0.2) is 0 Å². The molecular weight excluding hydrogens is 429 g/mol. The van der Waals surface area contributed by atoms with Crippen LogP contribution in [-0.4, -0.2) is 48.4 Å². The van der Waals surface area contributed by atoms with E-state index in [4.69, 9.17) is 9.47 Å². The highest BCUT2D eigenvalue weighted by atomic mass is 19.4. The first kappa shape index (κ1) is 22.1. The number of amides is 2. The molecule has 0 saturated carbocycles. The molecule has 0 radical (unpaired) electrons.